The Morgan fingerprint density at radius 2 is 1.11 bits per heavy atom. The minimum Gasteiger partial charge on any atom is -0.480 e. The number of phosphoric ester groups is 1. The molecule has 0 aromatic carbocycles. The maximum atomic E-state index is 12.5. The SMILES string of the molecule is CCCCC=CCCCCCCCC(=O)O[C@H](COC(=O)CCCCCCCCCCCCC)COP(=O)(O)OC[C@H](N)C(=O)O. The van der Waals surface area contributed by atoms with Crippen LogP contribution in [0.5, 0.6) is 0 Å². The van der Waals surface area contributed by atoms with Crippen molar-refractivity contribution < 1.29 is 47.5 Å². The van der Waals surface area contributed by atoms with Gasteiger partial charge >= 0.3 is 25.7 Å². The van der Waals surface area contributed by atoms with E-state index in [-0.39, 0.29) is 19.4 Å². The molecule has 46 heavy (non-hydrogen) atoms. The highest BCUT2D eigenvalue weighted by Crippen LogP contribution is 2.43. The number of phosphoric acid groups is 1. The van der Waals surface area contributed by atoms with Crippen LogP contribution in [-0.4, -0.2) is 59.9 Å². The minimum absolute atomic E-state index is 0.154. The van der Waals surface area contributed by atoms with Crippen molar-refractivity contribution in [2.24, 2.45) is 5.73 Å². The van der Waals surface area contributed by atoms with Gasteiger partial charge < -0.3 is 25.2 Å². The molecule has 11 nitrogen and oxygen atoms in total. The van der Waals surface area contributed by atoms with Gasteiger partial charge in [-0.05, 0) is 32.1 Å². The average molecular weight is 678 g/mol. The fraction of sp³-hybridized carbons (Fsp3) is 0.853. The number of esters is 2. The van der Waals surface area contributed by atoms with Crippen LogP contribution in [0.25, 0.3) is 0 Å². The van der Waals surface area contributed by atoms with Crippen LogP contribution in [0.2, 0.25) is 0 Å². The van der Waals surface area contributed by atoms with E-state index in [4.69, 9.17) is 24.8 Å². The van der Waals surface area contributed by atoms with Crippen LogP contribution in [-0.2, 0) is 37.5 Å². The van der Waals surface area contributed by atoms with E-state index < -0.39 is 51.1 Å². The van der Waals surface area contributed by atoms with Crippen molar-refractivity contribution in [2.75, 3.05) is 19.8 Å². The molecule has 0 saturated carbocycles. The molecule has 1 unspecified atom stereocenters. The van der Waals surface area contributed by atoms with E-state index in [0.717, 1.165) is 57.8 Å². The Morgan fingerprint density at radius 1 is 0.652 bits per heavy atom. The Bertz CT molecular complexity index is 854. The largest absolute Gasteiger partial charge is 0.480 e. The van der Waals surface area contributed by atoms with Gasteiger partial charge in [-0.15, -0.1) is 0 Å². The summed E-state index contributed by atoms with van der Waals surface area (Å²) in [6.45, 7) is 2.71. The summed E-state index contributed by atoms with van der Waals surface area (Å²) >= 11 is 0. The smallest absolute Gasteiger partial charge is 0.472 e. The molecule has 0 aromatic rings. The summed E-state index contributed by atoms with van der Waals surface area (Å²) in [6.07, 6.45) is 25.8. The lowest BCUT2D eigenvalue weighted by atomic mass is 10.1. The lowest BCUT2D eigenvalue weighted by Crippen LogP contribution is -2.34. The van der Waals surface area contributed by atoms with Gasteiger partial charge in [0, 0.05) is 12.8 Å². The van der Waals surface area contributed by atoms with Crippen molar-refractivity contribution in [1.29, 1.82) is 0 Å². The zero-order valence-corrected chi connectivity index (χ0v) is 29.6. The topological polar surface area (TPSA) is 172 Å². The summed E-state index contributed by atoms with van der Waals surface area (Å²) in [5, 5.41) is 8.83. The molecule has 0 radical (unpaired) electrons. The Kier molecular flexibility index (Phi) is 29.4. The lowest BCUT2D eigenvalue weighted by molar-refractivity contribution is -0.161. The Labute approximate surface area is 278 Å². The number of unbranched alkanes of at least 4 members (excludes halogenated alkanes) is 17. The first-order valence-electron chi connectivity index (χ1n) is 17.7. The first kappa shape index (κ1) is 44.2. The highest BCUT2D eigenvalue weighted by atomic mass is 31.2. The van der Waals surface area contributed by atoms with Crippen LogP contribution in [0.4, 0.5) is 0 Å². The third kappa shape index (κ3) is 29.6. The maximum Gasteiger partial charge on any atom is 0.472 e. The van der Waals surface area contributed by atoms with E-state index >= 15 is 0 Å². The predicted molar refractivity (Wildman–Crippen MR) is 180 cm³/mol. The third-order valence-corrected chi connectivity index (χ3v) is 8.46. The van der Waals surface area contributed by atoms with Gasteiger partial charge in [-0.2, -0.15) is 0 Å². The number of carboxylic acid groups (broad SMARTS) is 1. The van der Waals surface area contributed by atoms with Gasteiger partial charge in [0.05, 0.1) is 13.2 Å². The zero-order chi connectivity index (χ0) is 34.3. The second kappa shape index (κ2) is 30.5. The number of ether oxygens (including phenoxy) is 2. The summed E-state index contributed by atoms with van der Waals surface area (Å²) in [7, 11) is -4.70. The second-order valence-corrected chi connectivity index (χ2v) is 13.5. The molecule has 0 aliphatic heterocycles. The molecule has 0 rings (SSSR count). The summed E-state index contributed by atoms with van der Waals surface area (Å²) < 4.78 is 32.4. The summed E-state index contributed by atoms with van der Waals surface area (Å²) in [5.74, 6) is -2.39. The summed E-state index contributed by atoms with van der Waals surface area (Å²) in [6, 6.07) is -1.52. The molecule has 270 valence electrons. The zero-order valence-electron chi connectivity index (χ0n) is 28.7. The number of carbonyl (C=O) groups excluding carboxylic acids is 2. The van der Waals surface area contributed by atoms with Crippen LogP contribution in [0.3, 0.4) is 0 Å². The van der Waals surface area contributed by atoms with Gasteiger partial charge in [0.15, 0.2) is 6.10 Å². The molecule has 0 saturated heterocycles. The van der Waals surface area contributed by atoms with Gasteiger partial charge in [0.2, 0.25) is 0 Å². The van der Waals surface area contributed by atoms with Gasteiger partial charge in [-0.25, -0.2) is 4.57 Å². The number of allylic oxidation sites excluding steroid dienone is 2. The van der Waals surface area contributed by atoms with Crippen LogP contribution in [0.15, 0.2) is 12.2 Å². The lowest BCUT2D eigenvalue weighted by Gasteiger charge is -2.20. The highest BCUT2D eigenvalue weighted by Gasteiger charge is 2.28. The van der Waals surface area contributed by atoms with Gasteiger partial charge in [0.1, 0.15) is 12.6 Å². The number of hydrogen-bond donors (Lipinski definition) is 3. The first-order chi connectivity index (χ1) is 22.1. The molecular formula is C34H64NO10P. The summed E-state index contributed by atoms with van der Waals surface area (Å²) in [5.41, 5.74) is 5.30. The van der Waals surface area contributed by atoms with Gasteiger partial charge in [-0.3, -0.25) is 23.4 Å². The van der Waals surface area contributed by atoms with Crippen molar-refractivity contribution >= 4 is 25.7 Å². The van der Waals surface area contributed by atoms with Crippen molar-refractivity contribution in [3.63, 3.8) is 0 Å². The van der Waals surface area contributed by atoms with Gasteiger partial charge in [0.25, 0.3) is 0 Å². The number of rotatable bonds is 33. The molecule has 0 spiro atoms. The number of carboxylic acids is 1. The van der Waals surface area contributed by atoms with E-state index in [1.165, 1.54) is 57.8 Å². The van der Waals surface area contributed by atoms with Crippen molar-refractivity contribution in [3.8, 4) is 0 Å². The van der Waals surface area contributed by atoms with E-state index in [2.05, 4.69) is 30.5 Å². The molecule has 4 N–H and O–H groups in total. The quantitative estimate of drug-likeness (QED) is 0.0265. The predicted octanol–water partition coefficient (Wildman–Crippen LogP) is 8.17. The van der Waals surface area contributed by atoms with E-state index in [1.54, 1.807) is 0 Å². The molecule has 0 heterocycles. The molecule has 12 heteroatoms. The molecule has 0 amide bonds. The van der Waals surface area contributed by atoms with Crippen LogP contribution >= 0.6 is 7.82 Å². The highest BCUT2D eigenvalue weighted by molar-refractivity contribution is 7.47. The average Bonchev–Trinajstić information content (AvgIpc) is 3.02. The standard InChI is InChI=1S/C34H64NO10P/c1-3-5-7-9-11-13-15-17-19-21-23-25-32(36)42-27-30(28-43-46(40,41)44-29-31(35)34(38)39)45-33(37)26-24-22-20-18-16-14-12-10-8-6-4-2/h10,12,30-31H,3-9,11,13-29,35H2,1-2H3,(H,38,39)(H,40,41)/t30-,31+/m1/s1. The number of carbonyl (C=O) groups is 3. The second-order valence-electron chi connectivity index (χ2n) is 12.0. The summed E-state index contributed by atoms with van der Waals surface area (Å²) in [4.78, 5) is 45.5. The molecule has 0 bridgehead atoms. The minimum atomic E-state index is -4.70. The van der Waals surface area contributed by atoms with Crippen molar-refractivity contribution in [2.45, 2.75) is 167 Å². The number of hydrogen-bond acceptors (Lipinski definition) is 9. The van der Waals surface area contributed by atoms with E-state index in [1.807, 2.05) is 0 Å². The van der Waals surface area contributed by atoms with E-state index in [0.29, 0.717) is 12.8 Å². The van der Waals surface area contributed by atoms with Gasteiger partial charge in [-0.1, -0.05) is 122 Å². The molecule has 3 atom stereocenters. The monoisotopic (exact) mass is 677 g/mol. The molecule has 0 aliphatic rings. The molecule has 0 aliphatic carbocycles. The van der Waals surface area contributed by atoms with Crippen molar-refractivity contribution in [3.05, 3.63) is 12.2 Å². The number of nitrogens with two attached hydrogens (primary N) is 1. The van der Waals surface area contributed by atoms with Crippen LogP contribution < -0.4 is 5.73 Å². The maximum absolute atomic E-state index is 12.5. The Morgan fingerprint density at radius 3 is 1.65 bits per heavy atom. The normalized spacial score (nSPS) is 14.2. The molecule has 0 aromatic heterocycles. The van der Waals surface area contributed by atoms with Crippen LogP contribution in [0.1, 0.15) is 155 Å². The van der Waals surface area contributed by atoms with E-state index in [9.17, 15) is 23.8 Å². The fourth-order valence-electron chi connectivity index (χ4n) is 4.63. The first-order valence-corrected chi connectivity index (χ1v) is 19.2. The number of aliphatic carboxylic acids is 1. The third-order valence-electron chi connectivity index (χ3n) is 7.51. The Balaban J connectivity index is 4.49. The Hall–Kier alpha value is -1.78. The van der Waals surface area contributed by atoms with Crippen molar-refractivity contribution in [1.82, 2.24) is 0 Å². The fourth-order valence-corrected chi connectivity index (χ4v) is 5.41. The molecule has 0 fully saturated rings. The van der Waals surface area contributed by atoms with Crippen LogP contribution in [0, 0.1) is 0 Å². The molecular weight excluding hydrogens is 613 g/mol.